The van der Waals surface area contributed by atoms with Crippen LogP contribution in [-0.2, 0) is 0 Å². The van der Waals surface area contributed by atoms with Crippen LogP contribution in [0.5, 0.6) is 0 Å². The fraction of sp³-hybridized carbons (Fsp3) is 0.182. The first-order valence-electron chi connectivity index (χ1n) is 4.83. The SMILES string of the molecule is CC.Nc1ccc(-c2cnoc2N)cc1. The predicted molar refractivity (Wildman–Crippen MR) is 62.1 cm³/mol. The summed E-state index contributed by atoms with van der Waals surface area (Å²) in [6.07, 6.45) is 1.58. The Morgan fingerprint density at radius 2 is 1.67 bits per heavy atom. The number of hydrogen-bond acceptors (Lipinski definition) is 4. The number of anilines is 2. The van der Waals surface area contributed by atoms with E-state index in [2.05, 4.69) is 5.16 Å². The van der Waals surface area contributed by atoms with Crippen molar-refractivity contribution in [3.63, 3.8) is 0 Å². The Morgan fingerprint density at radius 3 is 2.13 bits per heavy atom. The van der Waals surface area contributed by atoms with Crippen molar-refractivity contribution in [2.75, 3.05) is 11.5 Å². The molecular weight excluding hydrogens is 190 g/mol. The molecule has 0 saturated heterocycles. The number of aromatic nitrogens is 1. The summed E-state index contributed by atoms with van der Waals surface area (Å²) in [4.78, 5) is 0. The molecule has 0 bridgehead atoms. The average Bonchev–Trinajstić information content (AvgIpc) is 2.69. The van der Waals surface area contributed by atoms with Crippen LogP contribution in [0.1, 0.15) is 13.8 Å². The number of nitrogens with zero attached hydrogens (tertiary/aromatic N) is 1. The Hall–Kier alpha value is -1.97. The van der Waals surface area contributed by atoms with E-state index in [1.54, 1.807) is 6.20 Å². The van der Waals surface area contributed by atoms with Gasteiger partial charge in [-0.15, -0.1) is 0 Å². The summed E-state index contributed by atoms with van der Waals surface area (Å²) in [6.45, 7) is 4.00. The molecule has 2 rings (SSSR count). The smallest absolute Gasteiger partial charge is 0.229 e. The lowest BCUT2D eigenvalue weighted by Gasteiger charge is -1.97. The number of rotatable bonds is 1. The molecule has 0 spiro atoms. The van der Waals surface area contributed by atoms with Crippen molar-refractivity contribution in [3.8, 4) is 11.1 Å². The Morgan fingerprint density at radius 1 is 1.07 bits per heavy atom. The lowest BCUT2D eigenvalue weighted by Crippen LogP contribution is -1.86. The first kappa shape index (κ1) is 11.1. The highest BCUT2D eigenvalue weighted by atomic mass is 16.5. The molecule has 0 radical (unpaired) electrons. The monoisotopic (exact) mass is 205 g/mol. The molecule has 15 heavy (non-hydrogen) atoms. The molecule has 4 nitrogen and oxygen atoms in total. The van der Waals surface area contributed by atoms with E-state index in [1.807, 2.05) is 38.1 Å². The Kier molecular flexibility index (Phi) is 3.74. The quantitative estimate of drug-likeness (QED) is 0.701. The highest BCUT2D eigenvalue weighted by molar-refractivity contribution is 5.72. The lowest BCUT2D eigenvalue weighted by molar-refractivity contribution is 0.436. The zero-order chi connectivity index (χ0) is 11.3. The normalized spacial score (nSPS) is 9.20. The maximum Gasteiger partial charge on any atom is 0.229 e. The van der Waals surface area contributed by atoms with Crippen molar-refractivity contribution in [1.82, 2.24) is 5.16 Å². The molecule has 1 heterocycles. The molecule has 0 unspecified atom stereocenters. The molecule has 0 fully saturated rings. The third-order valence-electron chi connectivity index (χ3n) is 1.82. The highest BCUT2D eigenvalue weighted by Crippen LogP contribution is 2.25. The topological polar surface area (TPSA) is 78.1 Å². The molecule has 2 aromatic rings. The van der Waals surface area contributed by atoms with Gasteiger partial charge in [-0.1, -0.05) is 31.1 Å². The van der Waals surface area contributed by atoms with Crippen molar-refractivity contribution in [1.29, 1.82) is 0 Å². The van der Waals surface area contributed by atoms with Crippen molar-refractivity contribution in [2.24, 2.45) is 0 Å². The number of nitrogen functional groups attached to an aromatic ring is 2. The highest BCUT2D eigenvalue weighted by Gasteiger charge is 2.05. The van der Waals surface area contributed by atoms with Gasteiger partial charge in [0.05, 0.1) is 11.8 Å². The summed E-state index contributed by atoms with van der Waals surface area (Å²) in [6, 6.07) is 7.36. The molecular formula is C11H15N3O. The first-order chi connectivity index (χ1) is 7.27. The Bertz CT molecular complexity index is 406. The average molecular weight is 205 g/mol. The van der Waals surface area contributed by atoms with Crippen molar-refractivity contribution < 1.29 is 4.52 Å². The van der Waals surface area contributed by atoms with Crippen LogP contribution in [0.4, 0.5) is 11.6 Å². The molecule has 0 aliphatic carbocycles. The summed E-state index contributed by atoms with van der Waals surface area (Å²) < 4.78 is 4.75. The van der Waals surface area contributed by atoms with Gasteiger partial charge in [0, 0.05) is 5.69 Å². The van der Waals surface area contributed by atoms with Gasteiger partial charge in [0.1, 0.15) is 0 Å². The maximum absolute atomic E-state index is 5.55. The van der Waals surface area contributed by atoms with Gasteiger partial charge in [0.25, 0.3) is 0 Å². The van der Waals surface area contributed by atoms with E-state index in [4.69, 9.17) is 16.0 Å². The third kappa shape index (κ3) is 2.49. The van der Waals surface area contributed by atoms with Gasteiger partial charge in [-0.2, -0.15) is 0 Å². The van der Waals surface area contributed by atoms with Crippen LogP contribution in [0, 0.1) is 0 Å². The third-order valence-corrected chi connectivity index (χ3v) is 1.82. The molecule has 1 aromatic heterocycles. The molecule has 0 amide bonds. The standard InChI is InChI=1S/C9H9N3O.C2H6/c10-7-3-1-6(2-4-7)8-5-12-13-9(8)11;1-2/h1-5H,10-11H2;1-2H3. The minimum atomic E-state index is 0.324. The molecule has 0 atom stereocenters. The largest absolute Gasteiger partial charge is 0.399 e. The van der Waals surface area contributed by atoms with Crippen LogP contribution in [0.25, 0.3) is 11.1 Å². The molecule has 0 aliphatic rings. The maximum atomic E-state index is 5.55. The van der Waals surface area contributed by atoms with Gasteiger partial charge >= 0.3 is 0 Å². The van der Waals surface area contributed by atoms with E-state index in [0.717, 1.165) is 16.8 Å². The van der Waals surface area contributed by atoms with Gasteiger partial charge in [0.15, 0.2) is 0 Å². The zero-order valence-corrected chi connectivity index (χ0v) is 8.90. The van der Waals surface area contributed by atoms with Crippen LogP contribution < -0.4 is 11.5 Å². The predicted octanol–water partition coefficient (Wildman–Crippen LogP) is 2.53. The van der Waals surface area contributed by atoms with Gasteiger partial charge in [-0.25, -0.2) is 0 Å². The van der Waals surface area contributed by atoms with Crippen LogP contribution in [0.3, 0.4) is 0 Å². The summed E-state index contributed by atoms with van der Waals surface area (Å²) in [5, 5.41) is 3.59. The van der Waals surface area contributed by atoms with E-state index < -0.39 is 0 Å². The van der Waals surface area contributed by atoms with Gasteiger partial charge in [-0.05, 0) is 17.7 Å². The van der Waals surface area contributed by atoms with E-state index in [1.165, 1.54) is 0 Å². The van der Waals surface area contributed by atoms with E-state index >= 15 is 0 Å². The van der Waals surface area contributed by atoms with E-state index in [-0.39, 0.29) is 0 Å². The van der Waals surface area contributed by atoms with Crippen molar-refractivity contribution >= 4 is 11.6 Å². The summed E-state index contributed by atoms with van der Waals surface area (Å²) >= 11 is 0. The second-order valence-electron chi connectivity index (χ2n) is 2.73. The van der Waals surface area contributed by atoms with Gasteiger partial charge < -0.3 is 16.0 Å². The number of hydrogen-bond donors (Lipinski definition) is 2. The zero-order valence-electron chi connectivity index (χ0n) is 8.90. The lowest BCUT2D eigenvalue weighted by atomic mass is 10.1. The minimum absolute atomic E-state index is 0.324. The van der Waals surface area contributed by atoms with Crippen LogP contribution in [0.2, 0.25) is 0 Å². The fourth-order valence-corrected chi connectivity index (χ4v) is 1.13. The molecule has 0 aliphatic heterocycles. The van der Waals surface area contributed by atoms with Crippen LogP contribution >= 0.6 is 0 Å². The molecule has 0 saturated carbocycles. The van der Waals surface area contributed by atoms with Gasteiger partial charge in [-0.3, -0.25) is 0 Å². The molecule has 4 N–H and O–H groups in total. The van der Waals surface area contributed by atoms with E-state index in [9.17, 15) is 0 Å². The number of nitrogens with two attached hydrogens (primary N) is 2. The van der Waals surface area contributed by atoms with Crippen LogP contribution in [-0.4, -0.2) is 5.16 Å². The molecule has 80 valence electrons. The Balaban J connectivity index is 0.000000531. The number of benzene rings is 1. The first-order valence-corrected chi connectivity index (χ1v) is 4.83. The van der Waals surface area contributed by atoms with E-state index in [0.29, 0.717) is 5.88 Å². The second kappa shape index (κ2) is 5.05. The molecule has 4 heteroatoms. The van der Waals surface area contributed by atoms with Crippen molar-refractivity contribution in [3.05, 3.63) is 30.5 Å². The fourth-order valence-electron chi connectivity index (χ4n) is 1.13. The summed E-state index contributed by atoms with van der Waals surface area (Å²) in [5.74, 6) is 0.324. The summed E-state index contributed by atoms with van der Waals surface area (Å²) in [5.41, 5.74) is 13.6. The molecule has 1 aromatic carbocycles. The second-order valence-corrected chi connectivity index (χ2v) is 2.73. The minimum Gasteiger partial charge on any atom is -0.399 e. The summed E-state index contributed by atoms with van der Waals surface area (Å²) in [7, 11) is 0. The Labute approximate surface area is 88.9 Å². The van der Waals surface area contributed by atoms with Crippen LogP contribution in [0.15, 0.2) is 35.0 Å². The van der Waals surface area contributed by atoms with Crippen molar-refractivity contribution in [2.45, 2.75) is 13.8 Å². The van der Waals surface area contributed by atoms with Gasteiger partial charge in [0.2, 0.25) is 5.88 Å².